The molecule has 2 aromatic heterocycles. The molecule has 0 amide bonds. The number of imidazole rings is 1. The maximum absolute atomic E-state index is 12.3. The van der Waals surface area contributed by atoms with Crippen LogP contribution in [0.25, 0.3) is 11.2 Å². The van der Waals surface area contributed by atoms with Crippen LogP contribution in [0.2, 0.25) is 0 Å². The van der Waals surface area contributed by atoms with E-state index in [1.807, 2.05) is 0 Å². The van der Waals surface area contributed by atoms with Gasteiger partial charge in [0, 0.05) is 20.6 Å². The Bertz CT molecular complexity index is 797. The van der Waals surface area contributed by atoms with Gasteiger partial charge in [0.1, 0.15) is 0 Å². The summed E-state index contributed by atoms with van der Waals surface area (Å²) in [5.74, 6) is 0. The first-order chi connectivity index (χ1) is 10.5. The van der Waals surface area contributed by atoms with E-state index >= 15 is 0 Å². The summed E-state index contributed by atoms with van der Waals surface area (Å²) in [6.07, 6.45) is 3.28. The SMILES string of the molecule is Cn1c(=O)c2c(ncn2C[C@H](O)CN2CCCC2)n(C)c1=O. The van der Waals surface area contributed by atoms with Crippen molar-refractivity contribution in [1.29, 1.82) is 0 Å². The highest BCUT2D eigenvalue weighted by molar-refractivity contribution is 5.69. The summed E-state index contributed by atoms with van der Waals surface area (Å²) in [5.41, 5.74) is -0.0871. The molecule has 2 aromatic rings. The Morgan fingerprint density at radius 2 is 1.86 bits per heavy atom. The summed E-state index contributed by atoms with van der Waals surface area (Å²) < 4.78 is 4.05. The van der Waals surface area contributed by atoms with E-state index < -0.39 is 11.8 Å². The Labute approximate surface area is 127 Å². The van der Waals surface area contributed by atoms with E-state index in [1.165, 1.54) is 30.8 Å². The smallest absolute Gasteiger partial charge is 0.332 e. The fraction of sp³-hybridized carbons (Fsp3) is 0.643. The standard InChI is InChI=1S/C14H21N5O3/c1-16-12-11(13(21)17(2)14(16)22)19(9-15-12)8-10(20)7-18-5-3-4-6-18/h9-10,20H,3-8H2,1-2H3/t10-/m1/s1. The molecule has 1 saturated heterocycles. The molecule has 0 bridgehead atoms. The van der Waals surface area contributed by atoms with Crippen molar-refractivity contribution in [3.8, 4) is 0 Å². The number of aryl methyl sites for hydroxylation is 1. The lowest BCUT2D eigenvalue weighted by Gasteiger charge is -2.19. The third kappa shape index (κ3) is 2.48. The highest BCUT2D eigenvalue weighted by atomic mass is 16.3. The minimum atomic E-state index is -0.572. The van der Waals surface area contributed by atoms with Crippen LogP contribution in [-0.4, -0.2) is 54.4 Å². The molecule has 1 N–H and O–H groups in total. The van der Waals surface area contributed by atoms with Crippen LogP contribution < -0.4 is 11.2 Å². The minimum absolute atomic E-state index is 0.292. The Morgan fingerprint density at radius 1 is 1.18 bits per heavy atom. The van der Waals surface area contributed by atoms with Crippen LogP contribution in [-0.2, 0) is 20.6 Å². The third-order valence-electron chi connectivity index (χ3n) is 4.29. The van der Waals surface area contributed by atoms with E-state index in [0.717, 1.165) is 17.7 Å². The molecule has 8 nitrogen and oxygen atoms in total. The number of hydrogen-bond donors (Lipinski definition) is 1. The third-order valence-corrected chi connectivity index (χ3v) is 4.29. The van der Waals surface area contributed by atoms with Crippen molar-refractivity contribution in [2.45, 2.75) is 25.5 Å². The maximum Gasteiger partial charge on any atom is 0.332 e. The molecule has 0 spiro atoms. The van der Waals surface area contributed by atoms with E-state index in [2.05, 4.69) is 9.88 Å². The Balaban J connectivity index is 1.91. The first kappa shape index (κ1) is 15.0. The quantitative estimate of drug-likeness (QED) is 0.774. The lowest BCUT2D eigenvalue weighted by molar-refractivity contribution is 0.110. The number of aliphatic hydroxyl groups excluding tert-OH is 1. The molecule has 22 heavy (non-hydrogen) atoms. The number of rotatable bonds is 4. The summed E-state index contributed by atoms with van der Waals surface area (Å²) in [4.78, 5) is 30.6. The van der Waals surface area contributed by atoms with Gasteiger partial charge in [-0.2, -0.15) is 0 Å². The van der Waals surface area contributed by atoms with Crippen molar-refractivity contribution >= 4 is 11.2 Å². The van der Waals surface area contributed by atoms with Gasteiger partial charge in [-0.15, -0.1) is 0 Å². The summed E-state index contributed by atoms with van der Waals surface area (Å²) >= 11 is 0. The van der Waals surface area contributed by atoms with Gasteiger partial charge in [0.05, 0.1) is 19.0 Å². The van der Waals surface area contributed by atoms with E-state index in [-0.39, 0.29) is 5.56 Å². The second-order valence-electron chi connectivity index (χ2n) is 5.94. The Hall–Kier alpha value is -1.93. The number of likely N-dealkylation sites (tertiary alicyclic amines) is 1. The Kier molecular flexibility index (Phi) is 3.88. The molecule has 3 rings (SSSR count). The molecule has 120 valence electrons. The molecule has 0 radical (unpaired) electrons. The van der Waals surface area contributed by atoms with Crippen LogP contribution in [0.15, 0.2) is 15.9 Å². The molecule has 0 saturated carbocycles. The second kappa shape index (κ2) is 5.69. The minimum Gasteiger partial charge on any atom is -0.390 e. The molecular formula is C14H21N5O3. The fourth-order valence-corrected chi connectivity index (χ4v) is 3.08. The van der Waals surface area contributed by atoms with Crippen LogP contribution in [0.3, 0.4) is 0 Å². The zero-order valence-electron chi connectivity index (χ0n) is 12.9. The average molecular weight is 307 g/mol. The topological polar surface area (TPSA) is 85.3 Å². The average Bonchev–Trinajstić information content (AvgIpc) is 3.12. The number of hydrogen-bond acceptors (Lipinski definition) is 5. The first-order valence-electron chi connectivity index (χ1n) is 7.50. The summed E-state index contributed by atoms with van der Waals surface area (Å²) in [6.45, 7) is 2.90. The van der Waals surface area contributed by atoms with Gasteiger partial charge in [-0.25, -0.2) is 9.78 Å². The van der Waals surface area contributed by atoms with Gasteiger partial charge in [0.15, 0.2) is 11.2 Å². The number of aliphatic hydroxyl groups is 1. The van der Waals surface area contributed by atoms with Crippen molar-refractivity contribution < 1.29 is 5.11 Å². The first-order valence-corrected chi connectivity index (χ1v) is 7.50. The summed E-state index contributed by atoms with van der Waals surface area (Å²) in [6, 6.07) is 0. The predicted octanol–water partition coefficient (Wildman–Crippen LogP) is -1.11. The molecule has 0 unspecified atom stereocenters. The highest BCUT2D eigenvalue weighted by Gasteiger charge is 2.19. The van der Waals surface area contributed by atoms with Gasteiger partial charge in [0.2, 0.25) is 0 Å². The second-order valence-corrected chi connectivity index (χ2v) is 5.94. The highest BCUT2D eigenvalue weighted by Crippen LogP contribution is 2.10. The predicted molar refractivity (Wildman–Crippen MR) is 81.9 cm³/mol. The lowest BCUT2D eigenvalue weighted by atomic mass is 10.3. The van der Waals surface area contributed by atoms with Gasteiger partial charge in [-0.05, 0) is 25.9 Å². The van der Waals surface area contributed by atoms with Gasteiger partial charge < -0.3 is 14.6 Å². The lowest BCUT2D eigenvalue weighted by Crippen LogP contribution is -2.38. The number of fused-ring (bicyclic) bond motifs is 1. The number of nitrogens with zero attached hydrogens (tertiary/aromatic N) is 5. The summed E-state index contributed by atoms with van der Waals surface area (Å²) in [5, 5.41) is 10.3. The van der Waals surface area contributed by atoms with Crippen LogP contribution in [0.4, 0.5) is 0 Å². The summed E-state index contributed by atoms with van der Waals surface area (Å²) in [7, 11) is 3.03. The van der Waals surface area contributed by atoms with Crippen molar-refractivity contribution in [3.63, 3.8) is 0 Å². The molecule has 8 heteroatoms. The van der Waals surface area contributed by atoms with Crippen LogP contribution in [0, 0.1) is 0 Å². The van der Waals surface area contributed by atoms with Crippen molar-refractivity contribution in [2.75, 3.05) is 19.6 Å². The fourth-order valence-electron chi connectivity index (χ4n) is 3.08. The van der Waals surface area contributed by atoms with E-state index in [4.69, 9.17) is 0 Å². The van der Waals surface area contributed by atoms with Crippen molar-refractivity contribution in [3.05, 3.63) is 27.2 Å². The number of aromatic nitrogens is 4. The van der Waals surface area contributed by atoms with E-state index in [9.17, 15) is 14.7 Å². The molecule has 0 aromatic carbocycles. The normalized spacial score (nSPS) is 17.4. The monoisotopic (exact) mass is 307 g/mol. The van der Waals surface area contributed by atoms with Gasteiger partial charge in [-0.3, -0.25) is 13.9 Å². The van der Waals surface area contributed by atoms with Crippen molar-refractivity contribution in [2.24, 2.45) is 14.1 Å². The van der Waals surface area contributed by atoms with E-state index in [1.54, 1.807) is 11.6 Å². The van der Waals surface area contributed by atoms with Crippen molar-refractivity contribution in [1.82, 2.24) is 23.6 Å². The van der Waals surface area contributed by atoms with E-state index in [0.29, 0.717) is 24.3 Å². The molecule has 3 heterocycles. The molecule has 1 atom stereocenters. The largest absolute Gasteiger partial charge is 0.390 e. The van der Waals surface area contributed by atoms with Gasteiger partial charge in [0.25, 0.3) is 5.56 Å². The van der Waals surface area contributed by atoms with Crippen LogP contribution >= 0.6 is 0 Å². The molecule has 1 aliphatic rings. The van der Waals surface area contributed by atoms with Gasteiger partial charge >= 0.3 is 5.69 Å². The Morgan fingerprint density at radius 3 is 2.55 bits per heavy atom. The molecule has 0 aliphatic carbocycles. The zero-order valence-corrected chi connectivity index (χ0v) is 12.9. The number of β-amino-alcohol motifs (C(OH)–C–C–N with tert-alkyl or cyclic N) is 1. The molecule has 1 fully saturated rings. The maximum atomic E-state index is 12.3. The zero-order chi connectivity index (χ0) is 15.9. The molecular weight excluding hydrogens is 286 g/mol. The van der Waals surface area contributed by atoms with Crippen LogP contribution in [0.5, 0.6) is 0 Å². The van der Waals surface area contributed by atoms with Gasteiger partial charge in [-0.1, -0.05) is 0 Å². The molecule has 1 aliphatic heterocycles. The van der Waals surface area contributed by atoms with Crippen LogP contribution in [0.1, 0.15) is 12.8 Å².